The molecule has 0 atom stereocenters. The largest absolute Gasteiger partial charge is 0.481 e. The monoisotopic (exact) mass is 222 g/mol. The molecule has 2 rings (SSSR count). The Balaban J connectivity index is 2.38. The second-order valence-electron chi connectivity index (χ2n) is 4.10. The minimum atomic E-state index is 0.567. The first kappa shape index (κ1) is 11.3. The van der Waals surface area contributed by atoms with Gasteiger partial charge in [0.1, 0.15) is 5.82 Å². The van der Waals surface area contributed by atoms with Crippen LogP contribution in [0.25, 0.3) is 0 Å². The van der Waals surface area contributed by atoms with Gasteiger partial charge in [0.05, 0.1) is 12.8 Å². The second kappa shape index (κ2) is 4.76. The zero-order chi connectivity index (χ0) is 11.5. The summed E-state index contributed by atoms with van der Waals surface area (Å²) in [5, 5.41) is 0. The van der Waals surface area contributed by atoms with E-state index < -0.39 is 0 Å². The van der Waals surface area contributed by atoms with Crippen molar-refractivity contribution in [3.63, 3.8) is 0 Å². The lowest BCUT2D eigenvalue weighted by molar-refractivity contribution is 0.296. The first-order valence-electron chi connectivity index (χ1n) is 5.56. The van der Waals surface area contributed by atoms with Crippen LogP contribution in [0.15, 0.2) is 0 Å². The molecule has 1 aliphatic rings. The van der Waals surface area contributed by atoms with Gasteiger partial charge in [0.15, 0.2) is 0 Å². The van der Waals surface area contributed by atoms with Crippen molar-refractivity contribution in [3.05, 3.63) is 17.1 Å². The molecule has 0 bridgehead atoms. The van der Waals surface area contributed by atoms with Gasteiger partial charge >= 0.3 is 0 Å². The number of hydrogen-bond donors (Lipinski definition) is 1. The zero-order valence-corrected chi connectivity index (χ0v) is 9.86. The zero-order valence-electron chi connectivity index (χ0n) is 9.86. The third-order valence-electron chi connectivity index (χ3n) is 2.83. The van der Waals surface area contributed by atoms with E-state index in [0.29, 0.717) is 13.0 Å². The Hall–Kier alpha value is -1.20. The van der Waals surface area contributed by atoms with E-state index >= 15 is 0 Å². The van der Waals surface area contributed by atoms with Crippen molar-refractivity contribution < 1.29 is 4.74 Å². The summed E-state index contributed by atoms with van der Waals surface area (Å²) in [6, 6.07) is 0. The Morgan fingerprint density at radius 1 is 1.44 bits per heavy atom. The summed E-state index contributed by atoms with van der Waals surface area (Å²) >= 11 is 0. The normalized spacial score (nSPS) is 15.9. The van der Waals surface area contributed by atoms with Gasteiger partial charge in [-0.05, 0) is 20.0 Å². The number of rotatable bonds is 3. The Morgan fingerprint density at radius 3 is 2.94 bits per heavy atom. The number of methoxy groups -OCH3 is 1. The standard InChI is InChI=1S/C11H18N4O/c1-15-6-4-8-9(7-15)13-10(3-5-12)14-11(8)16-2/h3-7,12H2,1-2H3. The van der Waals surface area contributed by atoms with Crippen LogP contribution >= 0.6 is 0 Å². The van der Waals surface area contributed by atoms with Gasteiger partial charge in [-0.15, -0.1) is 0 Å². The highest BCUT2D eigenvalue weighted by Gasteiger charge is 2.20. The third kappa shape index (κ3) is 2.15. The highest BCUT2D eigenvalue weighted by atomic mass is 16.5. The number of ether oxygens (including phenoxy) is 1. The summed E-state index contributed by atoms with van der Waals surface area (Å²) in [5.74, 6) is 1.51. The van der Waals surface area contributed by atoms with Crippen molar-refractivity contribution in [2.45, 2.75) is 19.4 Å². The smallest absolute Gasteiger partial charge is 0.219 e. The van der Waals surface area contributed by atoms with Gasteiger partial charge in [-0.25, -0.2) is 4.98 Å². The van der Waals surface area contributed by atoms with Gasteiger partial charge in [-0.1, -0.05) is 0 Å². The summed E-state index contributed by atoms with van der Waals surface area (Å²) in [4.78, 5) is 11.2. The van der Waals surface area contributed by atoms with E-state index in [4.69, 9.17) is 10.5 Å². The van der Waals surface area contributed by atoms with Gasteiger partial charge < -0.3 is 15.4 Å². The fourth-order valence-corrected chi connectivity index (χ4v) is 1.99. The Labute approximate surface area is 95.6 Å². The van der Waals surface area contributed by atoms with E-state index in [-0.39, 0.29) is 0 Å². The van der Waals surface area contributed by atoms with Crippen LogP contribution in [0.4, 0.5) is 0 Å². The molecule has 0 radical (unpaired) electrons. The molecule has 1 aromatic heterocycles. The summed E-state index contributed by atoms with van der Waals surface area (Å²) in [6.45, 7) is 2.46. The molecule has 2 heterocycles. The van der Waals surface area contributed by atoms with Crippen LogP contribution in [0.2, 0.25) is 0 Å². The van der Waals surface area contributed by atoms with Crippen molar-refractivity contribution in [2.24, 2.45) is 5.73 Å². The number of nitrogens with zero attached hydrogens (tertiary/aromatic N) is 3. The molecule has 1 aromatic rings. The molecular formula is C11H18N4O. The maximum atomic E-state index is 5.52. The lowest BCUT2D eigenvalue weighted by atomic mass is 10.1. The van der Waals surface area contributed by atoms with Crippen molar-refractivity contribution in [1.29, 1.82) is 0 Å². The molecule has 0 spiro atoms. The first-order chi connectivity index (χ1) is 7.74. The van der Waals surface area contributed by atoms with E-state index in [9.17, 15) is 0 Å². The van der Waals surface area contributed by atoms with Crippen molar-refractivity contribution in [3.8, 4) is 5.88 Å². The SMILES string of the molecule is COc1nc(CCN)nc2c1CCN(C)C2. The van der Waals surface area contributed by atoms with Crippen molar-refractivity contribution in [1.82, 2.24) is 14.9 Å². The number of aromatic nitrogens is 2. The topological polar surface area (TPSA) is 64.3 Å². The molecule has 16 heavy (non-hydrogen) atoms. The second-order valence-corrected chi connectivity index (χ2v) is 4.10. The third-order valence-corrected chi connectivity index (χ3v) is 2.83. The van der Waals surface area contributed by atoms with Gasteiger partial charge in [0.2, 0.25) is 5.88 Å². The molecule has 2 N–H and O–H groups in total. The van der Waals surface area contributed by atoms with E-state index in [0.717, 1.165) is 42.5 Å². The van der Waals surface area contributed by atoms with Gasteiger partial charge in [0, 0.05) is 25.1 Å². The average Bonchev–Trinajstić information content (AvgIpc) is 2.27. The lowest BCUT2D eigenvalue weighted by Crippen LogP contribution is -2.28. The lowest BCUT2D eigenvalue weighted by Gasteiger charge is -2.25. The van der Waals surface area contributed by atoms with Crippen LogP contribution in [-0.2, 0) is 19.4 Å². The van der Waals surface area contributed by atoms with E-state index in [1.165, 1.54) is 0 Å². The van der Waals surface area contributed by atoms with E-state index in [1.807, 2.05) is 0 Å². The predicted molar refractivity (Wildman–Crippen MR) is 61.4 cm³/mol. The molecule has 88 valence electrons. The Kier molecular flexibility index (Phi) is 3.36. The Bertz CT molecular complexity index is 380. The van der Waals surface area contributed by atoms with Crippen LogP contribution < -0.4 is 10.5 Å². The van der Waals surface area contributed by atoms with Crippen LogP contribution in [0.5, 0.6) is 5.88 Å². The van der Waals surface area contributed by atoms with Crippen LogP contribution in [-0.4, -0.2) is 42.1 Å². The number of fused-ring (bicyclic) bond motifs is 1. The van der Waals surface area contributed by atoms with E-state index in [2.05, 4.69) is 21.9 Å². The fourth-order valence-electron chi connectivity index (χ4n) is 1.99. The predicted octanol–water partition coefficient (Wildman–Crippen LogP) is -0.0257. The summed E-state index contributed by atoms with van der Waals surface area (Å²) < 4.78 is 5.32. The average molecular weight is 222 g/mol. The fraction of sp³-hybridized carbons (Fsp3) is 0.636. The minimum Gasteiger partial charge on any atom is -0.481 e. The summed E-state index contributed by atoms with van der Waals surface area (Å²) in [5.41, 5.74) is 7.77. The Morgan fingerprint density at radius 2 is 2.25 bits per heavy atom. The molecular weight excluding hydrogens is 204 g/mol. The first-order valence-corrected chi connectivity index (χ1v) is 5.56. The van der Waals surface area contributed by atoms with Crippen molar-refractivity contribution in [2.75, 3.05) is 27.2 Å². The molecule has 0 amide bonds. The van der Waals surface area contributed by atoms with Crippen LogP contribution in [0.1, 0.15) is 17.1 Å². The molecule has 0 saturated heterocycles. The molecule has 0 aromatic carbocycles. The molecule has 0 saturated carbocycles. The molecule has 0 aliphatic carbocycles. The van der Waals surface area contributed by atoms with Crippen LogP contribution in [0, 0.1) is 0 Å². The summed E-state index contributed by atoms with van der Waals surface area (Å²) in [7, 11) is 3.76. The molecule has 0 fully saturated rings. The number of nitrogens with two attached hydrogens (primary N) is 1. The quantitative estimate of drug-likeness (QED) is 0.778. The van der Waals surface area contributed by atoms with Crippen molar-refractivity contribution >= 4 is 0 Å². The molecule has 1 aliphatic heterocycles. The maximum Gasteiger partial charge on any atom is 0.219 e. The summed E-state index contributed by atoms with van der Waals surface area (Å²) in [6.07, 6.45) is 1.66. The molecule has 5 nitrogen and oxygen atoms in total. The maximum absolute atomic E-state index is 5.52. The van der Waals surface area contributed by atoms with E-state index in [1.54, 1.807) is 7.11 Å². The molecule has 5 heteroatoms. The van der Waals surface area contributed by atoms with Gasteiger partial charge in [-0.3, -0.25) is 0 Å². The highest BCUT2D eigenvalue weighted by Crippen LogP contribution is 2.24. The number of hydrogen-bond acceptors (Lipinski definition) is 5. The van der Waals surface area contributed by atoms with Gasteiger partial charge in [0.25, 0.3) is 0 Å². The van der Waals surface area contributed by atoms with Crippen LogP contribution in [0.3, 0.4) is 0 Å². The number of likely N-dealkylation sites (N-methyl/N-ethyl adjacent to an activating group) is 1. The molecule has 0 unspecified atom stereocenters. The highest BCUT2D eigenvalue weighted by molar-refractivity contribution is 5.33. The minimum absolute atomic E-state index is 0.567. The van der Waals surface area contributed by atoms with Gasteiger partial charge in [-0.2, -0.15) is 4.98 Å².